The lowest BCUT2D eigenvalue weighted by Gasteiger charge is -2.01. The fourth-order valence-corrected chi connectivity index (χ4v) is 2.10. The highest BCUT2D eigenvalue weighted by molar-refractivity contribution is 6.05. The van der Waals surface area contributed by atoms with Gasteiger partial charge in [-0.1, -0.05) is 42.0 Å². The molecule has 0 atom stereocenters. The van der Waals surface area contributed by atoms with E-state index in [0.29, 0.717) is 11.3 Å². The van der Waals surface area contributed by atoms with Gasteiger partial charge < -0.3 is 9.84 Å². The third kappa shape index (κ3) is 2.87. The molecule has 3 nitrogen and oxygen atoms in total. The average Bonchev–Trinajstić information content (AvgIpc) is 2.83. The van der Waals surface area contributed by atoms with Gasteiger partial charge >= 0.3 is 5.97 Å². The van der Waals surface area contributed by atoms with E-state index in [2.05, 4.69) is 0 Å². The highest BCUT2D eigenvalue weighted by atomic mass is 16.5. The highest BCUT2D eigenvalue weighted by Gasteiger charge is 2.21. The van der Waals surface area contributed by atoms with Crippen LogP contribution in [0.15, 0.2) is 60.2 Å². The molecule has 0 spiro atoms. The summed E-state index contributed by atoms with van der Waals surface area (Å²) in [6.07, 6.45) is 3.48. The molecule has 3 heteroatoms. The Morgan fingerprint density at radius 1 is 1.00 bits per heavy atom. The minimum atomic E-state index is -0.362. The van der Waals surface area contributed by atoms with E-state index in [0.717, 1.165) is 16.7 Å². The van der Waals surface area contributed by atoms with Crippen molar-refractivity contribution in [3.8, 4) is 5.75 Å². The van der Waals surface area contributed by atoms with E-state index in [4.69, 9.17) is 4.74 Å². The second-order valence-electron chi connectivity index (χ2n) is 4.96. The largest absolute Gasteiger partial charge is 0.508 e. The predicted molar refractivity (Wildman–Crippen MR) is 81.3 cm³/mol. The van der Waals surface area contributed by atoms with Crippen LogP contribution in [0.4, 0.5) is 0 Å². The number of ether oxygens (including phenoxy) is 1. The maximum atomic E-state index is 11.9. The Hall–Kier alpha value is -2.81. The average molecular weight is 278 g/mol. The van der Waals surface area contributed by atoms with Crippen molar-refractivity contribution in [2.24, 2.45) is 0 Å². The molecule has 1 aliphatic heterocycles. The monoisotopic (exact) mass is 278 g/mol. The molecule has 21 heavy (non-hydrogen) atoms. The molecule has 1 N–H and O–H groups in total. The van der Waals surface area contributed by atoms with Crippen molar-refractivity contribution in [3.05, 3.63) is 76.9 Å². The molecular weight excluding hydrogens is 264 g/mol. The maximum Gasteiger partial charge on any atom is 0.343 e. The first-order valence-electron chi connectivity index (χ1n) is 6.63. The first-order valence-corrected chi connectivity index (χ1v) is 6.63. The summed E-state index contributed by atoms with van der Waals surface area (Å²) in [5.74, 6) is 0.394. The number of cyclic esters (lactones) is 1. The van der Waals surface area contributed by atoms with Crippen LogP contribution >= 0.6 is 0 Å². The molecule has 104 valence electrons. The van der Waals surface area contributed by atoms with Gasteiger partial charge in [-0.2, -0.15) is 0 Å². The summed E-state index contributed by atoms with van der Waals surface area (Å²) in [6, 6.07) is 14.5. The zero-order valence-corrected chi connectivity index (χ0v) is 11.5. The molecule has 0 unspecified atom stereocenters. The molecular formula is C18H14O3. The number of phenolic OH excluding ortho intramolecular Hbond substituents is 1. The van der Waals surface area contributed by atoms with Gasteiger partial charge in [0.25, 0.3) is 0 Å². The lowest BCUT2D eigenvalue weighted by molar-refractivity contribution is -0.130. The number of rotatable bonds is 2. The van der Waals surface area contributed by atoms with Crippen LogP contribution in [0.25, 0.3) is 11.8 Å². The smallest absolute Gasteiger partial charge is 0.343 e. The van der Waals surface area contributed by atoms with Gasteiger partial charge in [0.2, 0.25) is 0 Å². The fraction of sp³-hybridized carbons (Fsp3) is 0.0556. The Kier molecular flexibility index (Phi) is 3.32. The summed E-state index contributed by atoms with van der Waals surface area (Å²) in [5.41, 5.74) is 3.36. The molecule has 0 radical (unpaired) electrons. The minimum absolute atomic E-state index is 0.196. The number of esters is 1. The summed E-state index contributed by atoms with van der Waals surface area (Å²) in [7, 11) is 0. The van der Waals surface area contributed by atoms with Crippen molar-refractivity contribution >= 4 is 17.8 Å². The number of aryl methyl sites for hydroxylation is 1. The van der Waals surface area contributed by atoms with E-state index in [1.165, 1.54) is 0 Å². The van der Waals surface area contributed by atoms with Crippen molar-refractivity contribution in [1.29, 1.82) is 0 Å². The van der Waals surface area contributed by atoms with Crippen molar-refractivity contribution in [3.63, 3.8) is 0 Å². The van der Waals surface area contributed by atoms with Crippen LogP contribution in [-0.4, -0.2) is 11.1 Å². The number of benzene rings is 2. The van der Waals surface area contributed by atoms with Crippen LogP contribution in [0.1, 0.15) is 16.7 Å². The Morgan fingerprint density at radius 3 is 2.33 bits per heavy atom. The van der Waals surface area contributed by atoms with Gasteiger partial charge in [0.15, 0.2) is 0 Å². The Labute approximate surface area is 122 Å². The normalized spacial score (nSPS) is 16.0. The Morgan fingerprint density at radius 2 is 1.67 bits per heavy atom. The molecule has 2 aromatic carbocycles. The van der Waals surface area contributed by atoms with Crippen molar-refractivity contribution in [1.82, 2.24) is 0 Å². The fourth-order valence-electron chi connectivity index (χ4n) is 2.10. The quantitative estimate of drug-likeness (QED) is 0.673. The molecule has 0 saturated heterocycles. The van der Waals surface area contributed by atoms with Gasteiger partial charge in [-0.3, -0.25) is 0 Å². The third-order valence-corrected chi connectivity index (χ3v) is 3.28. The van der Waals surface area contributed by atoms with E-state index in [1.807, 2.05) is 31.2 Å². The Balaban J connectivity index is 1.91. The number of carbonyl (C=O) groups is 1. The Bertz CT molecular complexity index is 735. The molecule has 0 aromatic heterocycles. The van der Waals surface area contributed by atoms with E-state index in [-0.39, 0.29) is 11.7 Å². The van der Waals surface area contributed by atoms with Crippen LogP contribution in [0, 0.1) is 6.92 Å². The predicted octanol–water partition coefficient (Wildman–Crippen LogP) is 3.68. The number of phenols is 1. The van der Waals surface area contributed by atoms with Crippen LogP contribution in [0.3, 0.4) is 0 Å². The van der Waals surface area contributed by atoms with Gasteiger partial charge in [-0.25, -0.2) is 4.79 Å². The molecule has 0 saturated carbocycles. The van der Waals surface area contributed by atoms with Gasteiger partial charge in [0.1, 0.15) is 11.5 Å². The van der Waals surface area contributed by atoms with Gasteiger partial charge in [0.05, 0.1) is 5.57 Å². The molecule has 2 aromatic rings. The molecule has 3 rings (SSSR count). The second kappa shape index (κ2) is 5.29. The van der Waals surface area contributed by atoms with Crippen molar-refractivity contribution in [2.75, 3.05) is 0 Å². The van der Waals surface area contributed by atoms with Crippen LogP contribution < -0.4 is 0 Å². The summed E-state index contributed by atoms with van der Waals surface area (Å²) >= 11 is 0. The van der Waals surface area contributed by atoms with Crippen molar-refractivity contribution < 1.29 is 14.6 Å². The van der Waals surface area contributed by atoms with E-state index >= 15 is 0 Å². The van der Waals surface area contributed by atoms with Gasteiger partial charge in [0, 0.05) is 5.56 Å². The molecule has 1 aliphatic rings. The van der Waals surface area contributed by atoms with Gasteiger partial charge in [-0.05, 0) is 36.8 Å². The standard InChI is InChI=1S/C18H14O3/c1-12-2-6-14(7-3-12)17-11-15(18(20)21-17)10-13-4-8-16(19)9-5-13/h2-11,19H,1H3/b15-10+. The number of aromatic hydroxyl groups is 1. The van der Waals surface area contributed by atoms with Crippen molar-refractivity contribution in [2.45, 2.75) is 6.92 Å². The molecule has 0 amide bonds. The first-order chi connectivity index (χ1) is 10.1. The number of hydrogen-bond acceptors (Lipinski definition) is 3. The summed E-state index contributed by atoms with van der Waals surface area (Å²) in [4.78, 5) is 11.9. The zero-order valence-electron chi connectivity index (χ0n) is 11.5. The van der Waals surface area contributed by atoms with Gasteiger partial charge in [-0.15, -0.1) is 0 Å². The lowest BCUT2D eigenvalue weighted by atomic mass is 10.1. The summed E-state index contributed by atoms with van der Waals surface area (Å²) in [6.45, 7) is 2.01. The number of carbonyl (C=O) groups excluding carboxylic acids is 1. The summed E-state index contributed by atoms with van der Waals surface area (Å²) < 4.78 is 5.30. The van der Waals surface area contributed by atoms with E-state index < -0.39 is 0 Å². The molecule has 0 aliphatic carbocycles. The zero-order chi connectivity index (χ0) is 14.8. The molecule has 0 fully saturated rings. The van der Waals surface area contributed by atoms with Crippen LogP contribution in [0.2, 0.25) is 0 Å². The SMILES string of the molecule is Cc1ccc(C2=C/C(=C\c3ccc(O)cc3)C(=O)O2)cc1. The third-order valence-electron chi connectivity index (χ3n) is 3.28. The van der Waals surface area contributed by atoms with E-state index in [1.54, 1.807) is 36.4 Å². The lowest BCUT2D eigenvalue weighted by Crippen LogP contribution is -1.97. The molecule has 0 bridgehead atoms. The topological polar surface area (TPSA) is 46.5 Å². The second-order valence-corrected chi connectivity index (χ2v) is 4.96. The number of hydrogen-bond donors (Lipinski definition) is 1. The summed E-state index contributed by atoms with van der Waals surface area (Å²) in [5, 5.41) is 9.26. The highest BCUT2D eigenvalue weighted by Crippen LogP contribution is 2.27. The minimum Gasteiger partial charge on any atom is -0.508 e. The van der Waals surface area contributed by atoms with Crippen LogP contribution in [0.5, 0.6) is 5.75 Å². The first kappa shape index (κ1) is 13.2. The maximum absolute atomic E-state index is 11.9. The van der Waals surface area contributed by atoms with Crippen LogP contribution in [-0.2, 0) is 9.53 Å². The molecule has 1 heterocycles. The van der Waals surface area contributed by atoms with E-state index in [9.17, 15) is 9.90 Å².